The van der Waals surface area contributed by atoms with Crippen molar-refractivity contribution in [2.75, 3.05) is 0 Å². The van der Waals surface area contributed by atoms with Gasteiger partial charge in [0.05, 0.1) is 17.0 Å². The maximum atomic E-state index is 12.9. The number of nitrogens with one attached hydrogen (secondary N) is 1. The van der Waals surface area contributed by atoms with Crippen molar-refractivity contribution in [3.05, 3.63) is 35.4 Å². The molecule has 0 saturated heterocycles. The van der Waals surface area contributed by atoms with Crippen LogP contribution in [0.25, 0.3) is 0 Å². The summed E-state index contributed by atoms with van der Waals surface area (Å²) in [5.41, 5.74) is -1.02. The number of carboxylic acids is 1. The van der Waals surface area contributed by atoms with E-state index in [0.717, 1.165) is 25.0 Å². The van der Waals surface area contributed by atoms with Gasteiger partial charge >= 0.3 is 12.1 Å². The second-order valence-corrected chi connectivity index (χ2v) is 7.62. The molecule has 2 N–H and O–H groups in total. The molecule has 1 aromatic carbocycles. The van der Waals surface area contributed by atoms with Gasteiger partial charge in [-0.3, -0.25) is 9.59 Å². The molecular formula is C19H22F3NO3. The van der Waals surface area contributed by atoms with E-state index < -0.39 is 35.1 Å². The Balaban J connectivity index is 1.69. The monoisotopic (exact) mass is 369 g/mol. The fourth-order valence-electron chi connectivity index (χ4n) is 4.05. The van der Waals surface area contributed by atoms with Gasteiger partial charge in [-0.15, -0.1) is 0 Å². The summed E-state index contributed by atoms with van der Waals surface area (Å²) in [6, 6.07) is 5.08. The minimum absolute atomic E-state index is 0.243. The number of carbonyl (C=O) groups excluding carboxylic acids is 1. The molecular weight excluding hydrogens is 347 g/mol. The lowest BCUT2D eigenvalue weighted by Gasteiger charge is -2.40. The zero-order valence-electron chi connectivity index (χ0n) is 14.5. The van der Waals surface area contributed by atoms with Crippen molar-refractivity contribution < 1.29 is 27.9 Å². The van der Waals surface area contributed by atoms with Crippen LogP contribution in [0.1, 0.15) is 56.1 Å². The van der Waals surface area contributed by atoms with Crippen LogP contribution in [-0.4, -0.2) is 22.5 Å². The third-order valence-electron chi connectivity index (χ3n) is 5.68. The summed E-state index contributed by atoms with van der Waals surface area (Å²) >= 11 is 0. The molecule has 0 heterocycles. The normalized spacial score (nSPS) is 31.3. The molecule has 2 fully saturated rings. The summed E-state index contributed by atoms with van der Waals surface area (Å²) in [5, 5.41) is 12.3. The van der Waals surface area contributed by atoms with Gasteiger partial charge < -0.3 is 10.4 Å². The van der Waals surface area contributed by atoms with Gasteiger partial charge in [-0.25, -0.2) is 0 Å². The summed E-state index contributed by atoms with van der Waals surface area (Å²) in [7, 11) is 0. The first-order valence-corrected chi connectivity index (χ1v) is 8.84. The van der Waals surface area contributed by atoms with Crippen molar-refractivity contribution in [2.45, 2.75) is 56.7 Å². The Hall–Kier alpha value is -2.05. The van der Waals surface area contributed by atoms with Gasteiger partial charge in [-0.1, -0.05) is 31.0 Å². The maximum absolute atomic E-state index is 12.9. The Morgan fingerprint density at radius 3 is 2.65 bits per heavy atom. The van der Waals surface area contributed by atoms with Crippen LogP contribution in [0.15, 0.2) is 24.3 Å². The lowest BCUT2D eigenvalue weighted by atomic mass is 9.73. The van der Waals surface area contributed by atoms with Gasteiger partial charge in [0.25, 0.3) is 0 Å². The van der Waals surface area contributed by atoms with Gasteiger partial charge in [-0.05, 0) is 43.7 Å². The van der Waals surface area contributed by atoms with Crippen molar-refractivity contribution in [1.29, 1.82) is 0 Å². The van der Waals surface area contributed by atoms with Gasteiger partial charge in [0.15, 0.2) is 0 Å². The van der Waals surface area contributed by atoms with E-state index in [2.05, 4.69) is 5.32 Å². The number of alkyl halides is 3. The summed E-state index contributed by atoms with van der Waals surface area (Å²) in [4.78, 5) is 24.1. The molecule has 142 valence electrons. The number of aliphatic carboxylic acids is 1. The van der Waals surface area contributed by atoms with Crippen molar-refractivity contribution in [3.63, 3.8) is 0 Å². The van der Waals surface area contributed by atoms with Gasteiger partial charge in [0.2, 0.25) is 5.91 Å². The molecule has 26 heavy (non-hydrogen) atoms. The first kappa shape index (κ1) is 18.7. The molecule has 4 atom stereocenters. The predicted molar refractivity (Wildman–Crippen MR) is 88.4 cm³/mol. The quantitative estimate of drug-likeness (QED) is 0.844. The van der Waals surface area contributed by atoms with Crippen LogP contribution in [0.4, 0.5) is 13.2 Å². The molecule has 1 amide bonds. The molecule has 3 rings (SSSR count). The highest BCUT2D eigenvalue weighted by molar-refractivity contribution is 5.84. The molecule has 2 saturated carbocycles. The maximum Gasteiger partial charge on any atom is 0.416 e. The summed E-state index contributed by atoms with van der Waals surface area (Å²) in [6.07, 6.45) is -1.14. The van der Waals surface area contributed by atoms with Crippen LogP contribution in [-0.2, 0) is 15.8 Å². The molecule has 4 nitrogen and oxygen atoms in total. The van der Waals surface area contributed by atoms with Crippen molar-refractivity contribution in [3.8, 4) is 0 Å². The van der Waals surface area contributed by atoms with E-state index >= 15 is 0 Å². The second-order valence-electron chi connectivity index (χ2n) is 7.62. The largest absolute Gasteiger partial charge is 0.481 e. The summed E-state index contributed by atoms with van der Waals surface area (Å²) in [5.74, 6) is -2.45. The fourth-order valence-corrected chi connectivity index (χ4v) is 4.05. The molecule has 0 bridgehead atoms. The number of rotatable bonds is 4. The van der Waals surface area contributed by atoms with Crippen LogP contribution < -0.4 is 5.32 Å². The smallest absolute Gasteiger partial charge is 0.416 e. The molecule has 4 unspecified atom stereocenters. The number of hydrogen-bond donors (Lipinski definition) is 2. The lowest BCUT2D eigenvalue weighted by molar-refractivity contribution is -0.147. The Morgan fingerprint density at radius 2 is 2.00 bits per heavy atom. The van der Waals surface area contributed by atoms with Crippen molar-refractivity contribution in [1.82, 2.24) is 5.32 Å². The number of carbonyl (C=O) groups is 2. The van der Waals surface area contributed by atoms with Crippen LogP contribution in [0, 0.1) is 11.8 Å². The molecule has 0 aliphatic heterocycles. The van der Waals surface area contributed by atoms with Gasteiger partial charge in [0.1, 0.15) is 0 Å². The molecule has 0 spiro atoms. The number of benzene rings is 1. The van der Waals surface area contributed by atoms with E-state index in [1.54, 1.807) is 13.0 Å². The number of carboxylic acid groups (broad SMARTS) is 1. The standard InChI is InChI=1S/C19H22F3NO3/c1-18(8-3-2-7-15(18)17(25)26)23-16(24)14-10-13(14)11-5-4-6-12(9-11)19(20,21)22/h4-6,9,13-15H,2-3,7-8,10H2,1H3,(H,23,24)(H,25,26). The van der Waals surface area contributed by atoms with Crippen molar-refractivity contribution >= 4 is 11.9 Å². The minimum Gasteiger partial charge on any atom is -0.481 e. The van der Waals surface area contributed by atoms with E-state index in [0.29, 0.717) is 24.8 Å². The Kier molecular flexibility index (Phi) is 4.75. The first-order chi connectivity index (χ1) is 12.1. The van der Waals surface area contributed by atoms with Crippen LogP contribution in [0.2, 0.25) is 0 Å². The highest BCUT2D eigenvalue weighted by atomic mass is 19.4. The van der Waals surface area contributed by atoms with E-state index in [1.807, 2.05) is 0 Å². The second kappa shape index (κ2) is 6.59. The molecule has 7 heteroatoms. The SMILES string of the molecule is CC1(NC(=O)C2CC2c2cccc(C(F)(F)F)c2)CCCCC1C(=O)O. The van der Waals surface area contributed by atoms with E-state index in [9.17, 15) is 27.9 Å². The predicted octanol–water partition coefficient (Wildman–Crippen LogP) is 3.96. The minimum atomic E-state index is -4.41. The highest BCUT2D eigenvalue weighted by Gasteiger charge is 2.49. The third kappa shape index (κ3) is 3.71. The fraction of sp³-hybridized carbons (Fsp3) is 0.579. The number of halogens is 3. The zero-order valence-corrected chi connectivity index (χ0v) is 14.5. The lowest BCUT2D eigenvalue weighted by Crippen LogP contribution is -2.55. The Morgan fingerprint density at radius 1 is 1.27 bits per heavy atom. The van der Waals surface area contributed by atoms with E-state index in [-0.39, 0.29) is 11.8 Å². The molecule has 1 aromatic rings. The van der Waals surface area contributed by atoms with E-state index in [1.165, 1.54) is 6.07 Å². The first-order valence-electron chi connectivity index (χ1n) is 8.84. The van der Waals surface area contributed by atoms with Crippen LogP contribution >= 0.6 is 0 Å². The average molecular weight is 369 g/mol. The summed E-state index contributed by atoms with van der Waals surface area (Å²) < 4.78 is 38.6. The highest BCUT2D eigenvalue weighted by Crippen LogP contribution is 2.49. The van der Waals surface area contributed by atoms with Crippen molar-refractivity contribution in [2.24, 2.45) is 11.8 Å². The van der Waals surface area contributed by atoms with Crippen LogP contribution in [0.5, 0.6) is 0 Å². The summed E-state index contributed by atoms with van der Waals surface area (Å²) in [6.45, 7) is 1.75. The van der Waals surface area contributed by atoms with Crippen LogP contribution in [0.3, 0.4) is 0 Å². The molecule has 0 aromatic heterocycles. The average Bonchev–Trinajstić information content (AvgIpc) is 3.34. The number of hydrogen-bond acceptors (Lipinski definition) is 2. The molecule has 0 radical (unpaired) electrons. The number of amides is 1. The Bertz CT molecular complexity index is 718. The molecule has 2 aliphatic carbocycles. The van der Waals surface area contributed by atoms with E-state index in [4.69, 9.17) is 0 Å². The van der Waals surface area contributed by atoms with Gasteiger partial charge in [0, 0.05) is 5.92 Å². The Labute approximate surface area is 149 Å². The molecule has 2 aliphatic rings. The topological polar surface area (TPSA) is 66.4 Å². The van der Waals surface area contributed by atoms with Gasteiger partial charge in [-0.2, -0.15) is 13.2 Å². The zero-order chi connectivity index (χ0) is 19.1. The third-order valence-corrected chi connectivity index (χ3v) is 5.68.